The highest BCUT2D eigenvalue weighted by Crippen LogP contribution is 2.22. The first-order valence-electron chi connectivity index (χ1n) is 7.57. The van der Waals surface area contributed by atoms with E-state index in [1.807, 2.05) is 27.0 Å². The highest BCUT2D eigenvalue weighted by atomic mass is 16.5. The number of anilines is 1. The summed E-state index contributed by atoms with van der Waals surface area (Å²) in [6.45, 7) is 4.62. The highest BCUT2D eigenvalue weighted by Gasteiger charge is 2.39. The van der Waals surface area contributed by atoms with E-state index in [1.165, 1.54) is 7.11 Å². The Hall–Kier alpha value is -2.05. The summed E-state index contributed by atoms with van der Waals surface area (Å²) in [7, 11) is 3.18. The molecule has 1 aromatic heterocycles. The third-order valence-corrected chi connectivity index (χ3v) is 3.93. The minimum atomic E-state index is -0.504. The lowest BCUT2D eigenvalue weighted by Crippen LogP contribution is -2.46. The van der Waals surface area contributed by atoms with Crippen LogP contribution >= 0.6 is 0 Å². The molecule has 1 aliphatic heterocycles. The lowest BCUT2D eigenvalue weighted by molar-refractivity contribution is -0.152. The molecule has 1 amide bonds. The molecule has 2 heterocycles. The number of carbonyl (C=O) groups is 2. The Kier molecular flexibility index (Phi) is 5.05. The van der Waals surface area contributed by atoms with Gasteiger partial charge in [0.15, 0.2) is 0 Å². The number of hydrogen-bond acceptors (Lipinski definition) is 5. The maximum absolute atomic E-state index is 12.6. The summed E-state index contributed by atoms with van der Waals surface area (Å²) >= 11 is 0. The summed E-state index contributed by atoms with van der Waals surface area (Å²) in [5.41, 5.74) is 0. The monoisotopic (exact) mass is 308 g/mol. The topological polar surface area (TPSA) is 76.5 Å². The number of rotatable bonds is 6. The molecule has 7 heteroatoms. The van der Waals surface area contributed by atoms with Crippen LogP contribution in [0.1, 0.15) is 26.7 Å². The van der Waals surface area contributed by atoms with Crippen molar-refractivity contribution < 1.29 is 14.3 Å². The van der Waals surface area contributed by atoms with Gasteiger partial charge in [-0.15, -0.1) is 0 Å². The molecule has 1 N–H and O–H groups in total. The minimum Gasteiger partial charge on any atom is -0.467 e. The van der Waals surface area contributed by atoms with E-state index in [1.54, 1.807) is 15.8 Å². The second kappa shape index (κ2) is 6.81. The maximum Gasteiger partial charge on any atom is 0.328 e. The van der Waals surface area contributed by atoms with Crippen molar-refractivity contribution >= 4 is 17.7 Å². The lowest BCUT2D eigenvalue weighted by atomic mass is 10.0. The van der Waals surface area contributed by atoms with Crippen LogP contribution in [0.4, 0.5) is 5.82 Å². The standard InChI is InChI=1S/C15H24N4O3/c1-10(2)9-12(15(21)22-4)19-8-6-11(14(19)20)17-13-5-7-16-18(13)3/h5,7,10-12,17H,6,8-9H2,1-4H3/t11-,12-/m0/s1. The Morgan fingerprint density at radius 3 is 2.82 bits per heavy atom. The van der Waals surface area contributed by atoms with E-state index < -0.39 is 6.04 Å². The fourth-order valence-corrected chi connectivity index (χ4v) is 2.77. The molecule has 1 aromatic rings. The zero-order chi connectivity index (χ0) is 16.3. The SMILES string of the molecule is COC(=O)[C@H](CC(C)C)N1CC[C@H](Nc2ccnn2C)C1=O. The Balaban J connectivity index is 2.08. The van der Waals surface area contributed by atoms with Crippen LogP contribution < -0.4 is 5.32 Å². The predicted octanol–water partition coefficient (Wildman–Crippen LogP) is 1.02. The van der Waals surface area contributed by atoms with Crippen molar-refractivity contribution in [2.24, 2.45) is 13.0 Å². The largest absolute Gasteiger partial charge is 0.467 e. The smallest absolute Gasteiger partial charge is 0.328 e. The van der Waals surface area contributed by atoms with Crippen LogP contribution in [0, 0.1) is 5.92 Å². The van der Waals surface area contributed by atoms with Crippen molar-refractivity contribution in [1.29, 1.82) is 0 Å². The quantitative estimate of drug-likeness (QED) is 0.794. The van der Waals surface area contributed by atoms with Gasteiger partial charge in [-0.2, -0.15) is 5.10 Å². The van der Waals surface area contributed by atoms with Crippen LogP contribution in [0.3, 0.4) is 0 Å². The fourth-order valence-electron chi connectivity index (χ4n) is 2.77. The molecule has 1 fully saturated rings. The molecule has 2 rings (SSSR count). The van der Waals surface area contributed by atoms with Gasteiger partial charge in [0, 0.05) is 19.7 Å². The Morgan fingerprint density at radius 1 is 1.55 bits per heavy atom. The predicted molar refractivity (Wildman–Crippen MR) is 82.2 cm³/mol. The van der Waals surface area contributed by atoms with Gasteiger partial charge in [-0.25, -0.2) is 4.79 Å². The Morgan fingerprint density at radius 2 is 2.27 bits per heavy atom. The van der Waals surface area contributed by atoms with E-state index in [2.05, 4.69) is 10.4 Å². The minimum absolute atomic E-state index is 0.0581. The van der Waals surface area contributed by atoms with Gasteiger partial charge in [-0.3, -0.25) is 9.48 Å². The van der Waals surface area contributed by atoms with Crippen molar-refractivity contribution in [3.8, 4) is 0 Å². The van der Waals surface area contributed by atoms with E-state index >= 15 is 0 Å². The summed E-state index contributed by atoms with van der Waals surface area (Å²) in [5, 5.41) is 7.27. The summed E-state index contributed by atoms with van der Waals surface area (Å²) in [5.74, 6) is 0.695. The molecule has 122 valence electrons. The number of likely N-dealkylation sites (tertiary alicyclic amines) is 1. The molecule has 1 aliphatic rings. The molecule has 0 aliphatic carbocycles. The second-order valence-electron chi connectivity index (χ2n) is 6.03. The molecule has 0 saturated carbocycles. The van der Waals surface area contributed by atoms with E-state index in [0.29, 0.717) is 25.3 Å². The number of amides is 1. The normalized spacial score (nSPS) is 19.6. The van der Waals surface area contributed by atoms with Crippen LogP contribution in [-0.4, -0.2) is 52.3 Å². The number of esters is 1. The van der Waals surface area contributed by atoms with E-state index in [-0.39, 0.29) is 17.9 Å². The molecule has 0 spiro atoms. The highest BCUT2D eigenvalue weighted by molar-refractivity contribution is 5.90. The Bertz CT molecular complexity index is 541. The van der Waals surface area contributed by atoms with Crippen LogP contribution in [0.2, 0.25) is 0 Å². The van der Waals surface area contributed by atoms with Crippen molar-refractivity contribution in [1.82, 2.24) is 14.7 Å². The van der Waals surface area contributed by atoms with Gasteiger partial charge in [-0.05, 0) is 18.8 Å². The average molecular weight is 308 g/mol. The first-order chi connectivity index (χ1) is 10.4. The van der Waals surface area contributed by atoms with Crippen molar-refractivity contribution in [3.05, 3.63) is 12.3 Å². The molecular weight excluding hydrogens is 284 g/mol. The van der Waals surface area contributed by atoms with Gasteiger partial charge in [0.2, 0.25) is 5.91 Å². The molecule has 0 bridgehead atoms. The number of carbonyl (C=O) groups excluding carboxylic acids is 2. The van der Waals surface area contributed by atoms with Crippen molar-refractivity contribution in [2.45, 2.75) is 38.8 Å². The molecule has 0 aromatic carbocycles. The first-order valence-corrected chi connectivity index (χ1v) is 7.57. The number of aromatic nitrogens is 2. The summed E-state index contributed by atoms with van der Waals surface area (Å²) in [6.07, 6.45) is 2.95. The molecule has 22 heavy (non-hydrogen) atoms. The number of nitrogens with zero attached hydrogens (tertiary/aromatic N) is 3. The molecule has 0 unspecified atom stereocenters. The molecule has 2 atom stereocenters. The zero-order valence-electron chi connectivity index (χ0n) is 13.6. The van der Waals surface area contributed by atoms with Crippen molar-refractivity contribution in [2.75, 3.05) is 19.0 Å². The number of methoxy groups -OCH3 is 1. The van der Waals surface area contributed by atoms with Gasteiger partial charge < -0.3 is 15.0 Å². The number of nitrogens with one attached hydrogen (secondary N) is 1. The van der Waals surface area contributed by atoms with Crippen LogP contribution in [0.5, 0.6) is 0 Å². The van der Waals surface area contributed by atoms with E-state index in [4.69, 9.17) is 4.74 Å². The van der Waals surface area contributed by atoms with Gasteiger partial charge in [0.05, 0.1) is 13.3 Å². The third-order valence-electron chi connectivity index (χ3n) is 3.93. The van der Waals surface area contributed by atoms with Crippen molar-refractivity contribution in [3.63, 3.8) is 0 Å². The van der Waals surface area contributed by atoms with Crippen LogP contribution in [-0.2, 0) is 21.4 Å². The Labute approximate surface area is 130 Å². The van der Waals surface area contributed by atoms with Crippen LogP contribution in [0.25, 0.3) is 0 Å². The average Bonchev–Trinajstić information content (AvgIpc) is 3.03. The van der Waals surface area contributed by atoms with Crippen LogP contribution in [0.15, 0.2) is 12.3 Å². The molecular formula is C15H24N4O3. The first kappa shape index (κ1) is 16.3. The molecule has 7 nitrogen and oxygen atoms in total. The second-order valence-corrected chi connectivity index (χ2v) is 6.03. The number of ether oxygens (including phenoxy) is 1. The third kappa shape index (κ3) is 3.40. The molecule has 1 saturated heterocycles. The van der Waals surface area contributed by atoms with Gasteiger partial charge >= 0.3 is 5.97 Å². The van der Waals surface area contributed by atoms with Gasteiger partial charge in [0.1, 0.15) is 17.9 Å². The lowest BCUT2D eigenvalue weighted by Gasteiger charge is -2.27. The molecule has 0 radical (unpaired) electrons. The van der Waals surface area contributed by atoms with Gasteiger partial charge in [-0.1, -0.05) is 13.8 Å². The maximum atomic E-state index is 12.6. The number of aryl methyl sites for hydroxylation is 1. The summed E-state index contributed by atoms with van der Waals surface area (Å²) in [6, 6.07) is 0.993. The number of hydrogen-bond donors (Lipinski definition) is 1. The fraction of sp³-hybridized carbons (Fsp3) is 0.667. The summed E-state index contributed by atoms with van der Waals surface area (Å²) < 4.78 is 6.55. The summed E-state index contributed by atoms with van der Waals surface area (Å²) in [4.78, 5) is 26.3. The zero-order valence-corrected chi connectivity index (χ0v) is 13.6. The van der Waals surface area contributed by atoms with E-state index in [9.17, 15) is 9.59 Å². The van der Waals surface area contributed by atoms with Gasteiger partial charge in [0.25, 0.3) is 0 Å². The van der Waals surface area contributed by atoms with E-state index in [0.717, 1.165) is 5.82 Å².